The summed E-state index contributed by atoms with van der Waals surface area (Å²) in [6, 6.07) is 7.51. The fourth-order valence-electron chi connectivity index (χ4n) is 2.11. The van der Waals surface area contributed by atoms with E-state index < -0.39 is 20.4 Å². The Morgan fingerprint density at radius 3 is 2.32 bits per heavy atom. The predicted molar refractivity (Wildman–Crippen MR) is 88.0 cm³/mol. The minimum atomic E-state index is -1.78. The van der Waals surface area contributed by atoms with Crippen molar-refractivity contribution in [2.24, 2.45) is 5.11 Å². The predicted octanol–water partition coefficient (Wildman–Crippen LogP) is 4.12. The Bertz CT molecular complexity index is 534. The molecule has 4 nitrogen and oxygen atoms in total. The smallest absolute Gasteiger partial charge is 0.249 e. The van der Waals surface area contributed by atoms with Gasteiger partial charge in [0.05, 0.1) is 0 Å². The average molecular weight is 310 g/mol. The zero-order valence-corrected chi connectivity index (χ0v) is 14.8. The third-order valence-corrected chi connectivity index (χ3v) is 19.5. The summed E-state index contributed by atoms with van der Waals surface area (Å²) >= 11 is 0. The number of rotatable bonds is 4. The van der Waals surface area contributed by atoms with Gasteiger partial charge in [0, 0.05) is 10.5 Å². The lowest BCUT2D eigenvalue weighted by Gasteiger charge is -2.31. The molecule has 0 radical (unpaired) electrons. The van der Waals surface area contributed by atoms with Gasteiger partial charge < -0.3 is 0 Å². The van der Waals surface area contributed by atoms with Crippen LogP contribution in [0.2, 0.25) is 32.7 Å². The molecule has 1 aromatic carbocycles. The lowest BCUT2D eigenvalue weighted by atomic mass is 10.2. The van der Waals surface area contributed by atoms with Crippen LogP contribution in [0.5, 0.6) is 0 Å². The van der Waals surface area contributed by atoms with E-state index in [4.69, 9.17) is 5.53 Å². The Labute approximate surface area is 119 Å². The highest BCUT2D eigenvalue weighted by Gasteiger charge is 2.33. The van der Waals surface area contributed by atoms with Crippen LogP contribution >= 0.6 is 10.7 Å². The monoisotopic (exact) mass is 309 g/mol. The van der Waals surface area contributed by atoms with E-state index in [0.717, 1.165) is 5.19 Å². The number of benzene rings is 1. The summed E-state index contributed by atoms with van der Waals surface area (Å²) in [7, 11) is -1.01. The second-order valence-corrected chi connectivity index (χ2v) is 22.9. The summed E-state index contributed by atoms with van der Waals surface area (Å²) < 4.78 is 0. The van der Waals surface area contributed by atoms with Gasteiger partial charge in [-0.25, -0.2) is 10.7 Å². The molecule has 1 amide bonds. The van der Waals surface area contributed by atoms with E-state index in [9.17, 15) is 4.79 Å². The van der Waals surface area contributed by atoms with E-state index in [1.165, 1.54) is 0 Å². The molecule has 1 aromatic rings. The third kappa shape index (κ3) is 4.54. The highest BCUT2D eigenvalue weighted by atomic mass is 32.5. The van der Waals surface area contributed by atoms with Gasteiger partial charge in [-0.1, -0.05) is 57.0 Å². The van der Waals surface area contributed by atoms with Crippen LogP contribution in [0.3, 0.4) is 0 Å². The summed E-state index contributed by atoms with van der Waals surface area (Å²) in [6.07, 6.45) is 0. The number of nitrogens with zero attached hydrogens (tertiary/aromatic N) is 3. The van der Waals surface area contributed by atoms with Crippen LogP contribution in [0.25, 0.3) is 10.4 Å². The molecule has 0 fully saturated rings. The molecule has 0 aliphatic heterocycles. The maximum absolute atomic E-state index is 11.9. The molecule has 1 rings (SSSR count). The summed E-state index contributed by atoms with van der Waals surface area (Å²) in [5, 5.41) is 4.30. The fraction of sp³-hybridized carbons (Fsp3) is 0.417. The minimum absolute atomic E-state index is 0.477. The van der Waals surface area contributed by atoms with E-state index in [2.05, 4.69) is 53.4 Å². The van der Waals surface area contributed by atoms with E-state index >= 15 is 0 Å². The van der Waals surface area contributed by atoms with Crippen molar-refractivity contribution >= 4 is 36.2 Å². The number of amides is 1. The van der Waals surface area contributed by atoms with Crippen LogP contribution in [0.4, 0.5) is 0 Å². The Balaban J connectivity index is 3.27. The average Bonchev–Trinajstić information content (AvgIpc) is 2.26. The van der Waals surface area contributed by atoms with Crippen LogP contribution in [0.15, 0.2) is 29.4 Å². The van der Waals surface area contributed by atoms with Crippen molar-refractivity contribution in [2.45, 2.75) is 32.7 Å². The fourth-order valence-corrected chi connectivity index (χ4v) is 25.3. The standard InChI is InChI=1S/C12H19N3OSSi2/c1-18(2,3)17-19(4,5)11-9-7-6-8-10(11)12(16)14-15-13/h6-9H,1-5H3. The van der Waals surface area contributed by atoms with Gasteiger partial charge in [0.25, 0.3) is 0 Å². The summed E-state index contributed by atoms with van der Waals surface area (Å²) in [6.45, 7) is 11.4. The summed E-state index contributed by atoms with van der Waals surface area (Å²) in [4.78, 5) is 14.5. The minimum Gasteiger partial charge on any atom is -0.287 e. The quantitative estimate of drug-likeness (QED) is 0.363. The molecule has 0 heterocycles. The normalized spacial score (nSPS) is 11.8. The largest absolute Gasteiger partial charge is 0.287 e. The molecule has 0 atom stereocenters. The van der Waals surface area contributed by atoms with Gasteiger partial charge in [-0.05, 0) is 15.8 Å². The maximum Gasteiger partial charge on any atom is 0.249 e. The molecule has 0 saturated heterocycles. The van der Waals surface area contributed by atoms with E-state index in [0.29, 0.717) is 5.56 Å². The lowest BCUT2D eigenvalue weighted by molar-refractivity contribution is 0.100. The summed E-state index contributed by atoms with van der Waals surface area (Å²) in [5.41, 5.74) is 8.99. The van der Waals surface area contributed by atoms with Crippen LogP contribution < -0.4 is 5.19 Å². The zero-order valence-electron chi connectivity index (χ0n) is 12.0. The number of hydrogen-bond donors (Lipinski definition) is 0. The molecule has 7 heteroatoms. The van der Waals surface area contributed by atoms with Crippen molar-refractivity contribution < 1.29 is 4.79 Å². The van der Waals surface area contributed by atoms with Gasteiger partial charge in [0.1, 0.15) is 14.4 Å². The molecular weight excluding hydrogens is 290 g/mol. The first-order valence-corrected chi connectivity index (χ1v) is 14.8. The van der Waals surface area contributed by atoms with Crippen molar-refractivity contribution in [1.82, 2.24) is 0 Å². The van der Waals surface area contributed by atoms with Crippen LogP contribution in [-0.4, -0.2) is 20.4 Å². The molecule has 102 valence electrons. The van der Waals surface area contributed by atoms with E-state index in [-0.39, 0.29) is 0 Å². The molecule has 0 aliphatic carbocycles. The van der Waals surface area contributed by atoms with E-state index in [1.54, 1.807) is 6.07 Å². The maximum atomic E-state index is 11.9. The van der Waals surface area contributed by atoms with Crippen molar-refractivity contribution in [3.8, 4) is 0 Å². The van der Waals surface area contributed by atoms with Crippen LogP contribution in [0.1, 0.15) is 10.4 Å². The van der Waals surface area contributed by atoms with Gasteiger partial charge in [0.2, 0.25) is 5.91 Å². The van der Waals surface area contributed by atoms with Crippen molar-refractivity contribution in [3.63, 3.8) is 0 Å². The van der Waals surface area contributed by atoms with Gasteiger partial charge in [-0.2, -0.15) is 0 Å². The molecular formula is C12H19N3OSSi2. The number of carbonyl (C=O) groups is 1. The van der Waals surface area contributed by atoms with Crippen molar-refractivity contribution in [1.29, 1.82) is 0 Å². The highest BCUT2D eigenvalue weighted by Crippen LogP contribution is 2.31. The first kappa shape index (κ1) is 16.0. The zero-order chi connectivity index (χ0) is 14.7. The van der Waals surface area contributed by atoms with Gasteiger partial charge in [0.15, 0.2) is 0 Å². The van der Waals surface area contributed by atoms with Crippen LogP contribution in [0, 0.1) is 0 Å². The Kier molecular flexibility index (Phi) is 5.03. The van der Waals surface area contributed by atoms with Gasteiger partial charge in [-0.15, -0.1) is 0 Å². The molecule has 0 bridgehead atoms. The Hall–Kier alpha value is -1.02. The topological polar surface area (TPSA) is 65.8 Å². The van der Waals surface area contributed by atoms with Crippen LogP contribution in [-0.2, 0) is 0 Å². The molecule has 0 unspecified atom stereocenters. The lowest BCUT2D eigenvalue weighted by Crippen LogP contribution is -2.45. The Morgan fingerprint density at radius 1 is 1.21 bits per heavy atom. The van der Waals surface area contributed by atoms with E-state index in [1.807, 2.05) is 18.2 Å². The first-order valence-electron chi connectivity index (χ1n) is 6.06. The second kappa shape index (κ2) is 5.96. The molecule has 0 saturated carbocycles. The van der Waals surface area contributed by atoms with Crippen molar-refractivity contribution in [3.05, 3.63) is 40.3 Å². The Morgan fingerprint density at radius 2 is 1.79 bits per heavy atom. The van der Waals surface area contributed by atoms with Gasteiger partial charge in [-0.3, -0.25) is 4.79 Å². The molecule has 0 N–H and O–H groups in total. The summed E-state index contributed by atoms with van der Waals surface area (Å²) in [5.74, 6) is -0.477. The molecule has 0 spiro atoms. The molecule has 0 aromatic heterocycles. The number of hydrogen-bond acceptors (Lipinski definition) is 2. The molecule has 0 aliphatic rings. The third-order valence-electron chi connectivity index (χ3n) is 2.50. The van der Waals surface area contributed by atoms with Crippen molar-refractivity contribution in [2.75, 3.05) is 0 Å². The SMILES string of the molecule is C[Si](C)(C)S[Si](C)(C)c1ccccc1C(=O)N=[N+]=[N-]. The van der Waals surface area contributed by atoms with Gasteiger partial charge >= 0.3 is 0 Å². The second-order valence-electron chi connectivity index (χ2n) is 5.76. The number of carbonyl (C=O) groups excluding carboxylic acids is 1. The molecule has 19 heavy (non-hydrogen) atoms. The highest BCUT2D eigenvalue weighted by molar-refractivity contribution is 8.50. The first-order chi connectivity index (χ1) is 8.67. The number of azide groups is 1.